The van der Waals surface area contributed by atoms with Crippen molar-refractivity contribution in [3.05, 3.63) is 59.8 Å². The van der Waals surface area contributed by atoms with E-state index in [-0.39, 0.29) is 34.8 Å². The van der Waals surface area contributed by atoms with Crippen LogP contribution in [0.3, 0.4) is 0 Å². The molecule has 2 aromatic carbocycles. The number of rotatable bonds is 6. The molecule has 7 nitrogen and oxygen atoms in total. The molecule has 1 aliphatic rings. The standard InChI is InChI=1S/C23H24N2O5S/c1-15-12-21(30-24-15)18-8-9-20(29-3)22(14-18)31(27,28)11-10-23(26)25-16(2)13-17-6-4-5-7-19(17)25/h4-9,12,14,16H,10-11,13H2,1-3H3/t16-/m1/s1. The van der Waals surface area contributed by atoms with Gasteiger partial charge in [0.2, 0.25) is 5.91 Å². The molecule has 0 fully saturated rings. The summed E-state index contributed by atoms with van der Waals surface area (Å²) in [4.78, 5) is 14.7. The van der Waals surface area contributed by atoms with E-state index < -0.39 is 9.84 Å². The van der Waals surface area contributed by atoms with E-state index in [0.717, 1.165) is 17.7 Å². The number of ether oxygens (including phenoxy) is 1. The summed E-state index contributed by atoms with van der Waals surface area (Å²) in [6.45, 7) is 3.76. The van der Waals surface area contributed by atoms with Gasteiger partial charge in [0, 0.05) is 29.8 Å². The van der Waals surface area contributed by atoms with Crippen molar-refractivity contribution in [3.63, 3.8) is 0 Å². The molecule has 1 aliphatic heterocycles. The second-order valence-corrected chi connectivity index (χ2v) is 9.79. The smallest absolute Gasteiger partial charge is 0.228 e. The molecule has 0 unspecified atom stereocenters. The van der Waals surface area contributed by atoms with Crippen LogP contribution >= 0.6 is 0 Å². The number of fused-ring (bicyclic) bond motifs is 1. The predicted octanol–water partition coefficient (Wildman–Crippen LogP) is 3.80. The third-order valence-electron chi connectivity index (χ3n) is 5.47. The molecule has 31 heavy (non-hydrogen) atoms. The van der Waals surface area contributed by atoms with E-state index in [0.29, 0.717) is 17.0 Å². The van der Waals surface area contributed by atoms with Crippen LogP contribution in [0.5, 0.6) is 5.75 Å². The number of amides is 1. The largest absolute Gasteiger partial charge is 0.495 e. The zero-order valence-corrected chi connectivity index (χ0v) is 18.5. The maximum atomic E-state index is 13.2. The Morgan fingerprint density at radius 2 is 2.00 bits per heavy atom. The molecule has 0 N–H and O–H groups in total. The maximum Gasteiger partial charge on any atom is 0.228 e. The van der Waals surface area contributed by atoms with Gasteiger partial charge in [-0.1, -0.05) is 23.4 Å². The van der Waals surface area contributed by atoms with E-state index in [9.17, 15) is 13.2 Å². The number of hydrogen-bond donors (Lipinski definition) is 0. The third-order valence-corrected chi connectivity index (χ3v) is 7.20. The highest BCUT2D eigenvalue weighted by atomic mass is 32.2. The van der Waals surface area contributed by atoms with Crippen molar-refractivity contribution in [2.24, 2.45) is 0 Å². The summed E-state index contributed by atoms with van der Waals surface area (Å²) in [5.74, 6) is 0.177. The highest BCUT2D eigenvalue weighted by Crippen LogP contribution is 2.34. The van der Waals surface area contributed by atoms with E-state index in [1.807, 2.05) is 31.2 Å². The Labute approximate surface area is 181 Å². The number of para-hydroxylation sites is 1. The van der Waals surface area contributed by atoms with Gasteiger partial charge in [-0.2, -0.15) is 0 Å². The normalized spacial score (nSPS) is 15.7. The van der Waals surface area contributed by atoms with Crippen molar-refractivity contribution in [1.82, 2.24) is 5.16 Å². The van der Waals surface area contributed by atoms with Gasteiger partial charge in [0.25, 0.3) is 0 Å². The lowest BCUT2D eigenvalue weighted by molar-refractivity contribution is -0.118. The number of methoxy groups -OCH3 is 1. The second kappa shape index (κ2) is 8.19. The van der Waals surface area contributed by atoms with Crippen molar-refractivity contribution in [3.8, 4) is 17.1 Å². The van der Waals surface area contributed by atoms with E-state index >= 15 is 0 Å². The van der Waals surface area contributed by atoms with Gasteiger partial charge in [0.1, 0.15) is 10.6 Å². The molecular weight excluding hydrogens is 416 g/mol. The SMILES string of the molecule is COc1ccc(-c2cc(C)no2)cc1S(=O)(=O)CCC(=O)N1c2ccccc2C[C@H]1C. The molecule has 1 aromatic heterocycles. The van der Waals surface area contributed by atoms with Gasteiger partial charge in [-0.05, 0) is 50.1 Å². The minimum Gasteiger partial charge on any atom is -0.495 e. The fraction of sp³-hybridized carbons (Fsp3) is 0.304. The Morgan fingerprint density at radius 1 is 1.23 bits per heavy atom. The Morgan fingerprint density at radius 3 is 2.71 bits per heavy atom. The Bertz CT molecular complexity index is 1230. The number of anilines is 1. The number of hydrogen-bond acceptors (Lipinski definition) is 6. The first-order valence-electron chi connectivity index (χ1n) is 10.0. The lowest BCUT2D eigenvalue weighted by atomic mass is 10.1. The average molecular weight is 441 g/mol. The number of benzene rings is 2. The van der Waals surface area contributed by atoms with Crippen molar-refractivity contribution in [2.75, 3.05) is 17.8 Å². The van der Waals surface area contributed by atoms with Gasteiger partial charge in [-0.25, -0.2) is 8.42 Å². The van der Waals surface area contributed by atoms with Crippen LogP contribution in [0.15, 0.2) is 57.9 Å². The molecule has 0 spiro atoms. The van der Waals surface area contributed by atoms with Crippen LogP contribution in [0.1, 0.15) is 24.6 Å². The van der Waals surface area contributed by atoms with E-state index in [4.69, 9.17) is 9.26 Å². The van der Waals surface area contributed by atoms with Gasteiger partial charge in [-0.3, -0.25) is 4.79 Å². The van der Waals surface area contributed by atoms with E-state index in [1.54, 1.807) is 30.0 Å². The van der Waals surface area contributed by atoms with Gasteiger partial charge in [0.15, 0.2) is 15.6 Å². The van der Waals surface area contributed by atoms with E-state index in [1.165, 1.54) is 13.2 Å². The molecule has 0 aliphatic carbocycles. The van der Waals surface area contributed by atoms with E-state index in [2.05, 4.69) is 5.16 Å². The lowest BCUT2D eigenvalue weighted by Gasteiger charge is -2.22. The molecule has 0 saturated heterocycles. The number of sulfone groups is 1. The summed E-state index contributed by atoms with van der Waals surface area (Å²) < 4.78 is 36.8. The summed E-state index contributed by atoms with van der Waals surface area (Å²) in [6.07, 6.45) is 0.650. The Kier molecular flexibility index (Phi) is 5.58. The minimum absolute atomic E-state index is 0.000148. The summed E-state index contributed by atoms with van der Waals surface area (Å²) in [7, 11) is -2.36. The zero-order chi connectivity index (χ0) is 22.2. The van der Waals surface area contributed by atoms with Gasteiger partial charge in [-0.15, -0.1) is 0 Å². The molecular formula is C23H24N2O5S. The van der Waals surface area contributed by atoms with Gasteiger partial charge in [0.05, 0.1) is 18.6 Å². The molecule has 2 heterocycles. The number of nitrogens with zero attached hydrogens (tertiary/aromatic N) is 2. The first-order valence-corrected chi connectivity index (χ1v) is 11.7. The third kappa shape index (κ3) is 4.07. The van der Waals surface area contributed by atoms with Crippen molar-refractivity contribution < 1.29 is 22.5 Å². The first-order chi connectivity index (χ1) is 14.8. The van der Waals surface area contributed by atoms with Crippen LogP contribution in [-0.4, -0.2) is 38.4 Å². The zero-order valence-electron chi connectivity index (χ0n) is 17.7. The monoisotopic (exact) mass is 440 g/mol. The molecule has 1 atom stereocenters. The van der Waals surface area contributed by atoms with Crippen LogP contribution in [0.4, 0.5) is 5.69 Å². The number of aryl methyl sites for hydroxylation is 1. The minimum atomic E-state index is -3.78. The molecule has 0 bridgehead atoms. The molecule has 0 radical (unpaired) electrons. The lowest BCUT2D eigenvalue weighted by Crippen LogP contribution is -2.36. The van der Waals surface area contributed by atoms with Crippen LogP contribution in [0, 0.1) is 6.92 Å². The fourth-order valence-electron chi connectivity index (χ4n) is 3.97. The second-order valence-electron chi connectivity index (χ2n) is 7.71. The molecule has 8 heteroatoms. The van der Waals surface area contributed by atoms with Crippen LogP contribution in [0.25, 0.3) is 11.3 Å². The van der Waals surface area contributed by atoms with Gasteiger partial charge < -0.3 is 14.2 Å². The molecule has 3 aromatic rings. The Balaban J connectivity index is 1.57. The highest BCUT2D eigenvalue weighted by Gasteiger charge is 2.31. The first kappa shape index (κ1) is 21.1. The van der Waals surface area contributed by atoms with Gasteiger partial charge >= 0.3 is 0 Å². The average Bonchev–Trinajstić information content (AvgIpc) is 3.34. The summed E-state index contributed by atoms with van der Waals surface area (Å²) >= 11 is 0. The van der Waals surface area contributed by atoms with Crippen molar-refractivity contribution in [1.29, 1.82) is 0 Å². The van der Waals surface area contributed by atoms with Crippen LogP contribution < -0.4 is 9.64 Å². The number of carbonyl (C=O) groups excluding carboxylic acids is 1. The topological polar surface area (TPSA) is 89.7 Å². The van der Waals surface area contributed by atoms with Crippen molar-refractivity contribution >= 4 is 21.4 Å². The maximum absolute atomic E-state index is 13.2. The quantitative estimate of drug-likeness (QED) is 0.579. The predicted molar refractivity (Wildman–Crippen MR) is 117 cm³/mol. The highest BCUT2D eigenvalue weighted by molar-refractivity contribution is 7.91. The summed E-state index contributed by atoms with van der Waals surface area (Å²) in [5, 5.41) is 3.85. The number of carbonyl (C=O) groups is 1. The molecule has 4 rings (SSSR count). The Hall–Kier alpha value is -3.13. The van der Waals surface area contributed by atoms with Crippen LogP contribution in [0.2, 0.25) is 0 Å². The van der Waals surface area contributed by atoms with Crippen molar-refractivity contribution in [2.45, 2.75) is 37.6 Å². The summed E-state index contributed by atoms with van der Waals surface area (Å²) in [5.41, 5.74) is 3.23. The molecule has 162 valence electrons. The summed E-state index contributed by atoms with van der Waals surface area (Å²) in [6, 6.07) is 14.3. The fourth-order valence-corrected chi connectivity index (χ4v) is 5.40. The molecule has 0 saturated carbocycles. The van der Waals surface area contributed by atoms with Crippen LogP contribution in [-0.2, 0) is 21.1 Å². The number of aromatic nitrogens is 1. The molecule has 1 amide bonds.